The Morgan fingerprint density at radius 1 is 0.884 bits per heavy atom. The molecule has 1 aromatic heterocycles. The van der Waals surface area contributed by atoms with Gasteiger partial charge in [0.1, 0.15) is 23.9 Å². The average Bonchev–Trinajstić information content (AvgIpc) is 3.45. The minimum Gasteiger partial charge on any atom is -0.508 e. The standard InChI is InChI=1S/C26H37N9O8/c27-17(11-15-12-30-13-32-15)22(39)35-20(10-14-3-5-16(36)6-4-14)24(41)33-18(2-1-9-31-26(28)29)23(40)34-19(25(42)43)7-8-21(37)38/h3-6,12-13,17-20,36H,1-2,7-11,27H2,(H,30,32)(H,33,41)(H,34,40)(H,35,39)(H,37,38)(H,42,43)(H4,28,29,31). The molecule has 0 aliphatic carbocycles. The largest absolute Gasteiger partial charge is 0.508 e. The third-order valence-electron chi connectivity index (χ3n) is 6.18. The molecule has 2 aromatic rings. The predicted octanol–water partition coefficient (Wildman–Crippen LogP) is -2.31. The van der Waals surface area contributed by atoms with Gasteiger partial charge in [0.25, 0.3) is 0 Å². The van der Waals surface area contributed by atoms with Crippen molar-refractivity contribution in [1.29, 1.82) is 0 Å². The van der Waals surface area contributed by atoms with Gasteiger partial charge in [-0.15, -0.1) is 0 Å². The molecule has 234 valence electrons. The van der Waals surface area contributed by atoms with E-state index in [-0.39, 0.29) is 43.9 Å². The lowest BCUT2D eigenvalue weighted by Crippen LogP contribution is -2.57. The maximum Gasteiger partial charge on any atom is 0.326 e. The molecule has 0 aliphatic rings. The number of nitrogens with zero attached hydrogens (tertiary/aromatic N) is 2. The van der Waals surface area contributed by atoms with Crippen LogP contribution < -0.4 is 33.2 Å². The molecule has 0 radical (unpaired) electrons. The molecule has 17 nitrogen and oxygen atoms in total. The van der Waals surface area contributed by atoms with E-state index < -0.39 is 66.7 Å². The Kier molecular flexibility index (Phi) is 13.4. The second-order valence-electron chi connectivity index (χ2n) is 9.66. The molecular weight excluding hydrogens is 566 g/mol. The first-order valence-electron chi connectivity index (χ1n) is 13.3. The van der Waals surface area contributed by atoms with Crippen LogP contribution in [0, 0.1) is 0 Å². The van der Waals surface area contributed by atoms with E-state index in [0.717, 1.165) is 0 Å². The van der Waals surface area contributed by atoms with Gasteiger partial charge in [0.2, 0.25) is 17.7 Å². The van der Waals surface area contributed by atoms with Gasteiger partial charge in [-0.2, -0.15) is 0 Å². The number of aliphatic carboxylic acids is 2. The number of nitrogens with one attached hydrogen (secondary N) is 4. The number of amides is 3. The lowest BCUT2D eigenvalue weighted by Gasteiger charge is -2.25. The van der Waals surface area contributed by atoms with Crippen LogP contribution in [0.15, 0.2) is 41.8 Å². The number of phenolic OH excluding ortho intramolecular Hbond substituents is 1. The number of rotatable bonds is 18. The summed E-state index contributed by atoms with van der Waals surface area (Å²) >= 11 is 0. The van der Waals surface area contributed by atoms with Gasteiger partial charge in [-0.3, -0.25) is 24.2 Å². The highest BCUT2D eigenvalue weighted by Gasteiger charge is 2.30. The SMILES string of the molecule is NC(N)=NCCCC(NC(=O)C(Cc1ccc(O)cc1)NC(=O)C(N)Cc1cnc[nH]1)C(=O)NC(CCC(=O)O)C(=O)O. The van der Waals surface area contributed by atoms with E-state index in [9.17, 15) is 34.2 Å². The van der Waals surface area contributed by atoms with Crippen LogP contribution in [0.5, 0.6) is 5.75 Å². The van der Waals surface area contributed by atoms with Crippen LogP contribution in [0.4, 0.5) is 0 Å². The highest BCUT2D eigenvalue weighted by Crippen LogP contribution is 2.12. The van der Waals surface area contributed by atoms with Crippen LogP contribution >= 0.6 is 0 Å². The maximum atomic E-state index is 13.5. The van der Waals surface area contributed by atoms with Crippen LogP contribution in [-0.4, -0.2) is 91.6 Å². The number of aromatic amines is 1. The minimum atomic E-state index is -1.53. The van der Waals surface area contributed by atoms with Gasteiger partial charge >= 0.3 is 11.9 Å². The smallest absolute Gasteiger partial charge is 0.326 e. The van der Waals surface area contributed by atoms with E-state index >= 15 is 0 Å². The highest BCUT2D eigenvalue weighted by atomic mass is 16.4. The molecule has 1 aromatic carbocycles. The number of aromatic hydroxyl groups is 1. The summed E-state index contributed by atoms with van der Waals surface area (Å²) in [6, 6.07) is 0.773. The average molecular weight is 604 g/mol. The Morgan fingerprint density at radius 2 is 1.51 bits per heavy atom. The Labute approximate surface area is 246 Å². The lowest BCUT2D eigenvalue weighted by atomic mass is 10.0. The minimum absolute atomic E-state index is 0.0104. The van der Waals surface area contributed by atoms with E-state index in [1.54, 1.807) is 12.1 Å². The monoisotopic (exact) mass is 603 g/mol. The number of aliphatic imine (C=N–C) groups is 1. The summed E-state index contributed by atoms with van der Waals surface area (Å²) in [5.74, 6) is -5.24. The van der Waals surface area contributed by atoms with Crippen molar-refractivity contribution in [2.45, 2.75) is 62.7 Å². The lowest BCUT2D eigenvalue weighted by molar-refractivity contribution is -0.143. The van der Waals surface area contributed by atoms with Gasteiger partial charge in [0, 0.05) is 37.7 Å². The van der Waals surface area contributed by atoms with Crippen molar-refractivity contribution in [3.05, 3.63) is 48.0 Å². The maximum absolute atomic E-state index is 13.5. The summed E-state index contributed by atoms with van der Waals surface area (Å²) < 4.78 is 0. The van der Waals surface area contributed by atoms with E-state index in [1.165, 1.54) is 24.7 Å². The molecule has 17 heteroatoms. The van der Waals surface area contributed by atoms with Crippen molar-refractivity contribution in [3.63, 3.8) is 0 Å². The Morgan fingerprint density at radius 3 is 2.09 bits per heavy atom. The van der Waals surface area contributed by atoms with Crippen LogP contribution in [0.3, 0.4) is 0 Å². The molecule has 0 bridgehead atoms. The Bertz CT molecular complexity index is 1260. The van der Waals surface area contributed by atoms with Crippen LogP contribution in [-0.2, 0) is 36.8 Å². The summed E-state index contributed by atoms with van der Waals surface area (Å²) in [6.07, 6.45) is 2.24. The van der Waals surface area contributed by atoms with Gasteiger partial charge in [-0.25, -0.2) is 9.78 Å². The number of carboxylic acids is 2. The number of H-pyrrole nitrogens is 1. The van der Waals surface area contributed by atoms with Gasteiger partial charge in [-0.1, -0.05) is 12.1 Å². The second-order valence-corrected chi connectivity index (χ2v) is 9.66. The summed E-state index contributed by atoms with van der Waals surface area (Å²) in [7, 11) is 0. The number of nitrogens with two attached hydrogens (primary N) is 3. The molecule has 2 rings (SSSR count). The Hall–Kier alpha value is -5.19. The number of phenols is 1. The van der Waals surface area contributed by atoms with E-state index in [0.29, 0.717) is 11.3 Å². The Balaban J connectivity index is 2.25. The fourth-order valence-corrected chi connectivity index (χ4v) is 3.92. The summed E-state index contributed by atoms with van der Waals surface area (Å²) in [5, 5.41) is 35.4. The number of aromatic nitrogens is 2. The first-order valence-corrected chi connectivity index (χ1v) is 13.3. The topological polar surface area (TPSA) is 301 Å². The zero-order chi connectivity index (χ0) is 31.9. The molecule has 0 aliphatic heterocycles. The summed E-state index contributed by atoms with van der Waals surface area (Å²) in [5.41, 5.74) is 17.9. The number of carboxylic acid groups (broad SMARTS) is 2. The van der Waals surface area contributed by atoms with Crippen molar-refractivity contribution in [2.24, 2.45) is 22.2 Å². The molecule has 0 saturated heterocycles. The van der Waals surface area contributed by atoms with Crippen molar-refractivity contribution >= 4 is 35.6 Å². The van der Waals surface area contributed by atoms with E-state index in [1.807, 2.05) is 0 Å². The first-order chi connectivity index (χ1) is 20.3. The summed E-state index contributed by atoms with van der Waals surface area (Å²) in [4.78, 5) is 72.7. The normalized spacial score (nSPS) is 13.5. The highest BCUT2D eigenvalue weighted by molar-refractivity contribution is 5.94. The van der Waals surface area contributed by atoms with Crippen LogP contribution in [0.25, 0.3) is 0 Å². The van der Waals surface area contributed by atoms with Gasteiger partial charge in [0.15, 0.2) is 5.96 Å². The number of hydrogen-bond acceptors (Lipinski definition) is 9. The molecule has 4 unspecified atom stereocenters. The molecule has 4 atom stereocenters. The molecule has 43 heavy (non-hydrogen) atoms. The summed E-state index contributed by atoms with van der Waals surface area (Å²) in [6.45, 7) is 0.0967. The number of carbonyl (C=O) groups is 5. The molecule has 0 saturated carbocycles. The number of hydrogen-bond donors (Lipinski definition) is 10. The number of guanidine groups is 1. The molecule has 0 fully saturated rings. The van der Waals surface area contributed by atoms with Crippen LogP contribution in [0.1, 0.15) is 36.9 Å². The van der Waals surface area contributed by atoms with Crippen LogP contribution in [0.2, 0.25) is 0 Å². The quantitative estimate of drug-likeness (QED) is 0.0488. The number of carbonyl (C=O) groups excluding carboxylic acids is 3. The van der Waals surface area contributed by atoms with Gasteiger partial charge in [0.05, 0.1) is 12.4 Å². The van der Waals surface area contributed by atoms with E-state index in [2.05, 4.69) is 30.9 Å². The molecule has 3 amide bonds. The van der Waals surface area contributed by atoms with E-state index in [4.69, 9.17) is 22.3 Å². The fourth-order valence-electron chi connectivity index (χ4n) is 3.92. The zero-order valence-electron chi connectivity index (χ0n) is 23.2. The number of imidazole rings is 1. The van der Waals surface area contributed by atoms with Crippen molar-refractivity contribution < 1.29 is 39.3 Å². The predicted molar refractivity (Wildman–Crippen MR) is 152 cm³/mol. The van der Waals surface area contributed by atoms with Crippen molar-refractivity contribution in [3.8, 4) is 5.75 Å². The molecule has 1 heterocycles. The first kappa shape index (κ1) is 34.0. The third kappa shape index (κ3) is 12.5. The molecule has 13 N–H and O–H groups in total. The molecular formula is C26H37N9O8. The van der Waals surface area contributed by atoms with Crippen molar-refractivity contribution in [2.75, 3.05) is 6.54 Å². The second kappa shape index (κ2) is 16.9. The zero-order valence-corrected chi connectivity index (χ0v) is 23.2. The van der Waals surface area contributed by atoms with Crippen molar-refractivity contribution in [1.82, 2.24) is 25.9 Å². The number of benzene rings is 1. The molecule has 0 spiro atoms. The van der Waals surface area contributed by atoms with Gasteiger partial charge < -0.3 is 53.5 Å². The third-order valence-corrected chi connectivity index (χ3v) is 6.18. The van der Waals surface area contributed by atoms with Gasteiger partial charge in [-0.05, 0) is 37.0 Å². The fraction of sp³-hybridized carbons (Fsp3) is 0.423.